The number of amides is 2. The van der Waals surface area contributed by atoms with Gasteiger partial charge in [0, 0.05) is 31.4 Å². The predicted octanol–water partition coefficient (Wildman–Crippen LogP) is 1.57. The SMILES string of the molecule is Cc1cccc(CC(=O)N2CC(COc3ccncc3)C(C(N)=O)C2)c1. The molecule has 0 spiro atoms. The Kier molecular flexibility index (Phi) is 5.51. The van der Waals surface area contributed by atoms with Crippen molar-refractivity contribution in [1.29, 1.82) is 0 Å². The topological polar surface area (TPSA) is 85.5 Å². The van der Waals surface area contributed by atoms with Crippen LogP contribution in [-0.2, 0) is 16.0 Å². The number of aromatic nitrogens is 1. The molecule has 26 heavy (non-hydrogen) atoms. The number of nitrogens with zero attached hydrogens (tertiary/aromatic N) is 2. The summed E-state index contributed by atoms with van der Waals surface area (Å²) in [6, 6.07) is 11.4. The van der Waals surface area contributed by atoms with E-state index in [0.29, 0.717) is 31.9 Å². The van der Waals surface area contributed by atoms with Gasteiger partial charge in [-0.25, -0.2) is 0 Å². The van der Waals surface area contributed by atoms with Crippen LogP contribution < -0.4 is 10.5 Å². The molecule has 2 atom stereocenters. The van der Waals surface area contributed by atoms with Crippen molar-refractivity contribution < 1.29 is 14.3 Å². The molecule has 3 rings (SSSR count). The molecule has 1 aliphatic rings. The molecule has 2 N–H and O–H groups in total. The molecule has 1 saturated heterocycles. The van der Waals surface area contributed by atoms with Crippen LogP contribution >= 0.6 is 0 Å². The molecular formula is C20H23N3O3. The van der Waals surface area contributed by atoms with Crippen LogP contribution in [0.1, 0.15) is 11.1 Å². The number of hydrogen-bond donors (Lipinski definition) is 1. The lowest BCUT2D eigenvalue weighted by Crippen LogP contribution is -2.33. The maximum absolute atomic E-state index is 12.6. The van der Waals surface area contributed by atoms with Gasteiger partial charge in [0.1, 0.15) is 5.75 Å². The van der Waals surface area contributed by atoms with Crippen LogP contribution in [0.4, 0.5) is 0 Å². The Morgan fingerprint density at radius 1 is 1.23 bits per heavy atom. The quantitative estimate of drug-likeness (QED) is 0.854. The van der Waals surface area contributed by atoms with Crippen LogP contribution in [0.5, 0.6) is 5.75 Å². The molecule has 0 radical (unpaired) electrons. The largest absolute Gasteiger partial charge is 0.493 e. The molecule has 6 heteroatoms. The molecule has 0 saturated carbocycles. The highest BCUT2D eigenvalue weighted by atomic mass is 16.5. The Morgan fingerprint density at radius 2 is 2.00 bits per heavy atom. The normalized spacial score (nSPS) is 19.3. The summed E-state index contributed by atoms with van der Waals surface area (Å²) >= 11 is 0. The van der Waals surface area contributed by atoms with Crippen molar-refractivity contribution in [2.45, 2.75) is 13.3 Å². The van der Waals surface area contributed by atoms with Crippen molar-refractivity contribution in [3.63, 3.8) is 0 Å². The molecule has 136 valence electrons. The number of nitrogens with two attached hydrogens (primary N) is 1. The van der Waals surface area contributed by atoms with Gasteiger partial charge < -0.3 is 15.4 Å². The predicted molar refractivity (Wildman–Crippen MR) is 97.4 cm³/mol. The molecule has 1 fully saturated rings. The van der Waals surface area contributed by atoms with Gasteiger partial charge in [-0.2, -0.15) is 0 Å². The van der Waals surface area contributed by atoms with Crippen LogP contribution in [0.25, 0.3) is 0 Å². The van der Waals surface area contributed by atoms with E-state index in [1.807, 2.05) is 31.2 Å². The summed E-state index contributed by atoms with van der Waals surface area (Å²) in [7, 11) is 0. The molecule has 2 unspecified atom stereocenters. The molecule has 6 nitrogen and oxygen atoms in total. The van der Waals surface area contributed by atoms with Gasteiger partial charge in [0.25, 0.3) is 0 Å². The van der Waals surface area contributed by atoms with Crippen LogP contribution in [0.3, 0.4) is 0 Å². The maximum Gasteiger partial charge on any atom is 0.227 e. The third-order valence-electron chi connectivity index (χ3n) is 4.71. The van der Waals surface area contributed by atoms with Crippen molar-refractivity contribution in [1.82, 2.24) is 9.88 Å². The lowest BCUT2D eigenvalue weighted by atomic mass is 9.96. The van der Waals surface area contributed by atoms with Gasteiger partial charge in [-0.1, -0.05) is 29.8 Å². The lowest BCUT2D eigenvalue weighted by molar-refractivity contribution is -0.129. The van der Waals surface area contributed by atoms with Crippen molar-refractivity contribution in [2.24, 2.45) is 17.6 Å². The molecule has 2 amide bonds. The zero-order valence-electron chi connectivity index (χ0n) is 14.8. The fraction of sp³-hybridized carbons (Fsp3) is 0.350. The summed E-state index contributed by atoms with van der Waals surface area (Å²) in [5.41, 5.74) is 7.64. The molecule has 2 heterocycles. The number of ether oxygens (including phenoxy) is 1. The summed E-state index contributed by atoms with van der Waals surface area (Å²) in [4.78, 5) is 30.1. The first kappa shape index (κ1) is 17.9. The highest BCUT2D eigenvalue weighted by Crippen LogP contribution is 2.25. The van der Waals surface area contributed by atoms with E-state index < -0.39 is 5.92 Å². The van der Waals surface area contributed by atoms with Crippen molar-refractivity contribution in [2.75, 3.05) is 19.7 Å². The van der Waals surface area contributed by atoms with Crippen LogP contribution in [0.2, 0.25) is 0 Å². The minimum atomic E-state index is -0.390. The number of rotatable bonds is 6. The van der Waals surface area contributed by atoms with E-state index in [1.54, 1.807) is 29.4 Å². The smallest absolute Gasteiger partial charge is 0.227 e. The van der Waals surface area contributed by atoms with Gasteiger partial charge in [0.05, 0.1) is 18.9 Å². The van der Waals surface area contributed by atoms with E-state index in [0.717, 1.165) is 11.1 Å². The molecule has 2 aromatic rings. The van der Waals surface area contributed by atoms with E-state index in [2.05, 4.69) is 4.98 Å². The minimum Gasteiger partial charge on any atom is -0.493 e. The number of likely N-dealkylation sites (tertiary alicyclic amines) is 1. The van der Waals surface area contributed by atoms with Gasteiger partial charge in [-0.05, 0) is 24.6 Å². The highest BCUT2D eigenvalue weighted by molar-refractivity contribution is 5.82. The Bertz CT molecular complexity index is 779. The maximum atomic E-state index is 12.6. The average Bonchev–Trinajstić information content (AvgIpc) is 3.06. The number of primary amides is 1. The van der Waals surface area contributed by atoms with Crippen molar-refractivity contribution in [3.8, 4) is 5.75 Å². The lowest BCUT2D eigenvalue weighted by Gasteiger charge is -2.17. The minimum absolute atomic E-state index is 0.00765. The molecular weight excluding hydrogens is 330 g/mol. The Morgan fingerprint density at radius 3 is 2.69 bits per heavy atom. The average molecular weight is 353 g/mol. The Hall–Kier alpha value is -2.89. The second-order valence-electron chi connectivity index (χ2n) is 6.73. The van der Waals surface area contributed by atoms with Crippen molar-refractivity contribution in [3.05, 3.63) is 59.9 Å². The van der Waals surface area contributed by atoms with Crippen LogP contribution in [0.15, 0.2) is 48.8 Å². The summed E-state index contributed by atoms with van der Waals surface area (Å²) < 4.78 is 5.75. The number of benzene rings is 1. The third kappa shape index (κ3) is 4.39. The fourth-order valence-corrected chi connectivity index (χ4v) is 3.31. The first-order chi connectivity index (χ1) is 12.5. The zero-order chi connectivity index (χ0) is 18.5. The highest BCUT2D eigenvalue weighted by Gasteiger charge is 2.38. The number of hydrogen-bond acceptors (Lipinski definition) is 4. The number of carbonyl (C=O) groups excluding carboxylic acids is 2. The number of aryl methyl sites for hydroxylation is 1. The molecule has 1 aromatic heterocycles. The third-order valence-corrected chi connectivity index (χ3v) is 4.71. The molecule has 1 aromatic carbocycles. The summed E-state index contributed by atoms with van der Waals surface area (Å²) in [6.45, 7) is 3.17. The first-order valence-corrected chi connectivity index (χ1v) is 8.68. The van der Waals surface area contributed by atoms with E-state index >= 15 is 0 Å². The first-order valence-electron chi connectivity index (χ1n) is 8.68. The molecule has 0 aliphatic carbocycles. The Labute approximate surface area is 153 Å². The zero-order valence-corrected chi connectivity index (χ0v) is 14.8. The molecule has 1 aliphatic heterocycles. The van der Waals surface area contributed by atoms with Gasteiger partial charge >= 0.3 is 0 Å². The van der Waals surface area contributed by atoms with E-state index in [9.17, 15) is 9.59 Å². The van der Waals surface area contributed by atoms with Gasteiger partial charge in [0.15, 0.2) is 0 Å². The summed E-state index contributed by atoms with van der Waals surface area (Å²) in [6.07, 6.45) is 3.62. The van der Waals surface area contributed by atoms with E-state index in [-0.39, 0.29) is 17.7 Å². The Balaban J connectivity index is 1.62. The molecule has 0 bridgehead atoms. The van der Waals surface area contributed by atoms with Gasteiger partial charge in [-0.15, -0.1) is 0 Å². The van der Waals surface area contributed by atoms with Crippen molar-refractivity contribution >= 4 is 11.8 Å². The second-order valence-corrected chi connectivity index (χ2v) is 6.73. The van der Waals surface area contributed by atoms with Gasteiger partial charge in [0.2, 0.25) is 11.8 Å². The van der Waals surface area contributed by atoms with Crippen LogP contribution in [-0.4, -0.2) is 41.4 Å². The van der Waals surface area contributed by atoms with Crippen LogP contribution in [0, 0.1) is 18.8 Å². The second kappa shape index (κ2) is 7.99. The summed E-state index contributed by atoms with van der Waals surface area (Å²) in [5, 5.41) is 0. The number of pyridine rings is 1. The van der Waals surface area contributed by atoms with E-state index in [1.165, 1.54) is 0 Å². The monoisotopic (exact) mass is 353 g/mol. The fourth-order valence-electron chi connectivity index (χ4n) is 3.31. The standard InChI is InChI=1S/C20H23N3O3/c1-14-3-2-4-15(9-14)10-19(24)23-11-16(18(12-23)20(21)25)13-26-17-5-7-22-8-6-17/h2-9,16,18H,10-13H2,1H3,(H2,21,25). The summed E-state index contributed by atoms with van der Waals surface area (Å²) in [5.74, 6) is -0.194. The number of carbonyl (C=O) groups is 2. The van der Waals surface area contributed by atoms with Gasteiger partial charge in [-0.3, -0.25) is 14.6 Å². The van der Waals surface area contributed by atoms with E-state index in [4.69, 9.17) is 10.5 Å².